The fraction of sp³-hybridized carbons (Fsp3) is 0.538. The molecule has 0 heterocycles. The van der Waals surface area contributed by atoms with Gasteiger partial charge in [-0.05, 0) is 24.3 Å². The van der Waals surface area contributed by atoms with E-state index in [9.17, 15) is 0 Å². The third-order valence-corrected chi connectivity index (χ3v) is 2.28. The summed E-state index contributed by atoms with van der Waals surface area (Å²) in [4.78, 5) is 0. The van der Waals surface area contributed by atoms with E-state index < -0.39 is 0 Å². The Hall–Kier alpha value is -0.860. The van der Waals surface area contributed by atoms with Crippen LogP contribution in [-0.4, -0.2) is 24.9 Å². The highest BCUT2D eigenvalue weighted by atomic mass is 16.5. The molecule has 2 heteroatoms. The maximum absolute atomic E-state index is 8.59. The number of ether oxygens (including phenoxy) is 1. The highest BCUT2D eigenvalue weighted by Crippen LogP contribution is 2.08. The van der Waals surface area contributed by atoms with E-state index in [0.29, 0.717) is 12.5 Å². The molecule has 1 atom stereocenters. The van der Waals surface area contributed by atoms with E-state index in [2.05, 4.69) is 31.2 Å². The lowest BCUT2D eigenvalue weighted by Crippen LogP contribution is -2.10. The predicted octanol–water partition coefficient (Wildman–Crippen LogP) is 2.26. The second kappa shape index (κ2) is 7.43. The first-order valence-electron chi connectivity index (χ1n) is 5.55. The van der Waals surface area contributed by atoms with Crippen molar-refractivity contribution >= 4 is 0 Å². The number of hydrogen-bond acceptors (Lipinski definition) is 2. The van der Waals surface area contributed by atoms with Gasteiger partial charge in [0.05, 0.1) is 0 Å². The molecule has 0 spiro atoms. The lowest BCUT2D eigenvalue weighted by Gasteiger charge is -2.11. The summed E-state index contributed by atoms with van der Waals surface area (Å²) in [6.45, 7) is 3.84. The Kier molecular flexibility index (Phi) is 6.05. The summed E-state index contributed by atoms with van der Waals surface area (Å²) in [5.74, 6) is 0.533. The molecule has 1 aromatic rings. The van der Waals surface area contributed by atoms with Crippen molar-refractivity contribution in [2.75, 3.05) is 19.8 Å². The molecule has 0 aliphatic heterocycles. The normalized spacial score (nSPS) is 12.7. The van der Waals surface area contributed by atoms with E-state index in [1.807, 2.05) is 6.07 Å². The SMILES string of the molecule is CC(COCCCO)Cc1ccccc1. The Morgan fingerprint density at radius 1 is 1.27 bits per heavy atom. The smallest absolute Gasteiger partial charge is 0.0494 e. The fourth-order valence-electron chi connectivity index (χ4n) is 1.53. The van der Waals surface area contributed by atoms with Gasteiger partial charge in [-0.2, -0.15) is 0 Å². The fourth-order valence-corrected chi connectivity index (χ4v) is 1.53. The first-order chi connectivity index (χ1) is 7.33. The van der Waals surface area contributed by atoms with Crippen molar-refractivity contribution in [2.24, 2.45) is 5.92 Å². The van der Waals surface area contributed by atoms with Crippen LogP contribution < -0.4 is 0 Å². The summed E-state index contributed by atoms with van der Waals surface area (Å²) in [6, 6.07) is 10.4. The van der Waals surface area contributed by atoms with Gasteiger partial charge in [0.15, 0.2) is 0 Å². The standard InChI is InChI=1S/C13H20O2/c1-12(11-15-9-5-8-14)10-13-6-3-2-4-7-13/h2-4,6-7,12,14H,5,8-11H2,1H3. The first kappa shape index (κ1) is 12.2. The van der Waals surface area contributed by atoms with Gasteiger partial charge in [0.1, 0.15) is 0 Å². The van der Waals surface area contributed by atoms with E-state index >= 15 is 0 Å². The second-order valence-electron chi connectivity index (χ2n) is 3.95. The minimum absolute atomic E-state index is 0.215. The minimum atomic E-state index is 0.215. The van der Waals surface area contributed by atoms with Gasteiger partial charge >= 0.3 is 0 Å². The van der Waals surface area contributed by atoms with Crippen LogP contribution in [0.3, 0.4) is 0 Å². The van der Waals surface area contributed by atoms with Gasteiger partial charge in [0.2, 0.25) is 0 Å². The molecule has 2 nitrogen and oxygen atoms in total. The maximum Gasteiger partial charge on any atom is 0.0494 e. The van der Waals surface area contributed by atoms with Gasteiger partial charge in [-0.1, -0.05) is 37.3 Å². The molecule has 0 aromatic heterocycles. The average molecular weight is 208 g/mol. The Morgan fingerprint density at radius 3 is 2.67 bits per heavy atom. The van der Waals surface area contributed by atoms with Crippen molar-refractivity contribution in [1.29, 1.82) is 0 Å². The van der Waals surface area contributed by atoms with Crippen LogP contribution in [0.2, 0.25) is 0 Å². The molecule has 1 rings (SSSR count). The number of aliphatic hydroxyl groups excluding tert-OH is 1. The van der Waals surface area contributed by atoms with Crippen molar-refractivity contribution in [3.8, 4) is 0 Å². The zero-order chi connectivity index (χ0) is 10.9. The molecule has 0 aliphatic rings. The number of rotatable bonds is 7. The molecule has 0 amide bonds. The maximum atomic E-state index is 8.59. The molecular formula is C13H20O2. The molecule has 0 fully saturated rings. The third-order valence-electron chi connectivity index (χ3n) is 2.28. The number of hydrogen-bond donors (Lipinski definition) is 1. The van der Waals surface area contributed by atoms with Gasteiger partial charge in [-0.15, -0.1) is 0 Å². The lowest BCUT2D eigenvalue weighted by molar-refractivity contribution is 0.0912. The van der Waals surface area contributed by atoms with Crippen LogP contribution in [0.15, 0.2) is 30.3 Å². The van der Waals surface area contributed by atoms with Gasteiger partial charge in [-0.25, -0.2) is 0 Å². The summed E-state index contributed by atoms with van der Waals surface area (Å²) in [6.07, 6.45) is 1.79. The quantitative estimate of drug-likeness (QED) is 0.696. The summed E-state index contributed by atoms with van der Waals surface area (Å²) >= 11 is 0. The number of benzene rings is 1. The van der Waals surface area contributed by atoms with E-state index in [-0.39, 0.29) is 6.61 Å². The molecule has 1 aromatic carbocycles. The average Bonchev–Trinajstić information content (AvgIpc) is 2.26. The third kappa shape index (κ3) is 5.55. The van der Waals surface area contributed by atoms with Crippen molar-refractivity contribution < 1.29 is 9.84 Å². The first-order valence-corrected chi connectivity index (χ1v) is 5.55. The van der Waals surface area contributed by atoms with Crippen molar-refractivity contribution in [2.45, 2.75) is 19.8 Å². The highest BCUT2D eigenvalue weighted by molar-refractivity contribution is 5.14. The van der Waals surface area contributed by atoms with Gasteiger partial charge < -0.3 is 9.84 Å². The lowest BCUT2D eigenvalue weighted by atomic mass is 10.0. The Labute approximate surface area is 91.9 Å². The zero-order valence-corrected chi connectivity index (χ0v) is 9.36. The Bertz CT molecular complexity index is 246. The number of aliphatic hydroxyl groups is 1. The molecule has 0 saturated heterocycles. The van der Waals surface area contributed by atoms with Gasteiger partial charge in [0, 0.05) is 19.8 Å². The van der Waals surface area contributed by atoms with E-state index in [4.69, 9.17) is 9.84 Å². The minimum Gasteiger partial charge on any atom is -0.396 e. The molecule has 0 saturated carbocycles. The zero-order valence-electron chi connectivity index (χ0n) is 9.36. The van der Waals surface area contributed by atoms with Crippen LogP contribution in [0.25, 0.3) is 0 Å². The Morgan fingerprint density at radius 2 is 2.00 bits per heavy atom. The monoisotopic (exact) mass is 208 g/mol. The van der Waals surface area contributed by atoms with E-state index in [1.54, 1.807) is 0 Å². The Balaban J connectivity index is 2.16. The molecule has 0 bridgehead atoms. The van der Waals surface area contributed by atoms with E-state index in [0.717, 1.165) is 19.4 Å². The van der Waals surface area contributed by atoms with Crippen LogP contribution in [0.4, 0.5) is 0 Å². The summed E-state index contributed by atoms with van der Waals surface area (Å²) in [7, 11) is 0. The molecule has 1 unspecified atom stereocenters. The summed E-state index contributed by atoms with van der Waals surface area (Å²) in [5.41, 5.74) is 1.36. The van der Waals surface area contributed by atoms with Crippen LogP contribution in [-0.2, 0) is 11.2 Å². The van der Waals surface area contributed by atoms with E-state index in [1.165, 1.54) is 5.56 Å². The van der Waals surface area contributed by atoms with Crippen molar-refractivity contribution in [1.82, 2.24) is 0 Å². The topological polar surface area (TPSA) is 29.5 Å². The second-order valence-corrected chi connectivity index (χ2v) is 3.95. The van der Waals surface area contributed by atoms with Gasteiger partial charge in [0.25, 0.3) is 0 Å². The largest absolute Gasteiger partial charge is 0.396 e. The molecule has 84 valence electrons. The predicted molar refractivity (Wildman–Crippen MR) is 61.8 cm³/mol. The van der Waals surface area contributed by atoms with Crippen LogP contribution in [0.5, 0.6) is 0 Å². The summed E-state index contributed by atoms with van der Waals surface area (Å²) < 4.78 is 5.45. The van der Waals surface area contributed by atoms with Crippen LogP contribution in [0.1, 0.15) is 18.9 Å². The molecule has 15 heavy (non-hydrogen) atoms. The van der Waals surface area contributed by atoms with Crippen LogP contribution in [0, 0.1) is 5.92 Å². The van der Waals surface area contributed by atoms with Gasteiger partial charge in [-0.3, -0.25) is 0 Å². The molecule has 0 radical (unpaired) electrons. The van der Waals surface area contributed by atoms with Crippen molar-refractivity contribution in [3.05, 3.63) is 35.9 Å². The molecule has 1 N–H and O–H groups in total. The molecule has 0 aliphatic carbocycles. The highest BCUT2D eigenvalue weighted by Gasteiger charge is 2.03. The van der Waals surface area contributed by atoms with Crippen LogP contribution >= 0.6 is 0 Å². The summed E-state index contributed by atoms with van der Waals surface area (Å²) in [5, 5.41) is 8.59. The molecular weight excluding hydrogens is 188 g/mol. The van der Waals surface area contributed by atoms with Crippen molar-refractivity contribution in [3.63, 3.8) is 0 Å².